The fraction of sp³-hybridized carbons (Fsp3) is 0.250. The maximum absolute atomic E-state index is 10.7. The van der Waals surface area contributed by atoms with E-state index in [-0.39, 0.29) is 11.4 Å². The van der Waals surface area contributed by atoms with Crippen LogP contribution in [0.25, 0.3) is 0 Å². The molecule has 0 saturated heterocycles. The first kappa shape index (κ1) is 10.8. The van der Waals surface area contributed by atoms with E-state index in [4.69, 9.17) is 10.5 Å². The Bertz CT molecular complexity index is 393. The van der Waals surface area contributed by atoms with Crippen molar-refractivity contribution in [2.24, 2.45) is 0 Å². The number of nitrogens with two attached hydrogens (primary N) is 1. The Kier molecular flexibility index (Phi) is 2.95. The maximum atomic E-state index is 10.7. The highest BCUT2D eigenvalue weighted by atomic mass is 79.9. The summed E-state index contributed by atoms with van der Waals surface area (Å²) >= 11 is 3.21. The second-order valence-corrected chi connectivity index (χ2v) is 3.57. The molecule has 0 aliphatic carbocycles. The van der Waals surface area contributed by atoms with Gasteiger partial charge in [-0.2, -0.15) is 0 Å². The van der Waals surface area contributed by atoms with Crippen LogP contribution >= 0.6 is 15.9 Å². The predicted octanol–water partition coefficient (Wildman–Crippen LogP) is 2.26. The summed E-state index contributed by atoms with van der Waals surface area (Å²) in [6, 6.07) is 1.46. The summed E-state index contributed by atoms with van der Waals surface area (Å²) in [6.45, 7) is 1.60. The van der Waals surface area contributed by atoms with Gasteiger partial charge in [0, 0.05) is 0 Å². The topological polar surface area (TPSA) is 78.4 Å². The van der Waals surface area contributed by atoms with Crippen LogP contribution in [0, 0.1) is 17.0 Å². The molecule has 0 radical (unpaired) electrons. The van der Waals surface area contributed by atoms with Gasteiger partial charge in [0.15, 0.2) is 0 Å². The minimum absolute atomic E-state index is 0.106. The number of rotatable bonds is 2. The van der Waals surface area contributed by atoms with Crippen LogP contribution in [0.1, 0.15) is 5.56 Å². The molecule has 0 saturated carbocycles. The molecule has 0 aromatic heterocycles. The van der Waals surface area contributed by atoms with E-state index in [2.05, 4.69) is 15.9 Å². The molecule has 6 heteroatoms. The normalized spacial score (nSPS) is 9.93. The molecule has 76 valence electrons. The summed E-state index contributed by atoms with van der Waals surface area (Å²) in [5.41, 5.74) is 5.96. The third-order valence-electron chi connectivity index (χ3n) is 1.86. The summed E-state index contributed by atoms with van der Waals surface area (Å²) in [5.74, 6) is 0.436. The number of nitrogens with zero attached hydrogens (tertiary/aromatic N) is 1. The van der Waals surface area contributed by atoms with E-state index in [1.165, 1.54) is 13.2 Å². The number of anilines is 1. The van der Waals surface area contributed by atoms with Crippen LogP contribution in [-0.4, -0.2) is 12.0 Å². The molecule has 5 nitrogen and oxygen atoms in total. The van der Waals surface area contributed by atoms with E-state index in [1.54, 1.807) is 6.92 Å². The number of benzene rings is 1. The van der Waals surface area contributed by atoms with Crippen molar-refractivity contribution in [3.05, 3.63) is 26.2 Å². The average molecular weight is 261 g/mol. The van der Waals surface area contributed by atoms with Crippen molar-refractivity contribution in [2.45, 2.75) is 6.92 Å². The van der Waals surface area contributed by atoms with Crippen molar-refractivity contribution in [2.75, 3.05) is 12.8 Å². The van der Waals surface area contributed by atoms with Gasteiger partial charge in [-0.25, -0.2) is 0 Å². The number of nitrogen functional groups attached to an aromatic ring is 1. The smallest absolute Gasteiger partial charge is 0.298 e. The van der Waals surface area contributed by atoms with Gasteiger partial charge in [0.25, 0.3) is 5.69 Å². The van der Waals surface area contributed by atoms with Gasteiger partial charge in [-0.1, -0.05) is 0 Å². The number of halogens is 1. The number of nitro groups is 1. The van der Waals surface area contributed by atoms with Crippen molar-refractivity contribution in [1.29, 1.82) is 0 Å². The van der Waals surface area contributed by atoms with Gasteiger partial charge < -0.3 is 10.5 Å². The van der Waals surface area contributed by atoms with Gasteiger partial charge in [0.05, 0.1) is 22.1 Å². The van der Waals surface area contributed by atoms with E-state index < -0.39 is 4.92 Å². The highest BCUT2D eigenvalue weighted by molar-refractivity contribution is 9.10. The van der Waals surface area contributed by atoms with Crippen LogP contribution < -0.4 is 10.5 Å². The van der Waals surface area contributed by atoms with E-state index in [0.717, 1.165) is 0 Å². The van der Waals surface area contributed by atoms with Crippen molar-refractivity contribution in [3.63, 3.8) is 0 Å². The van der Waals surface area contributed by atoms with Gasteiger partial charge in [-0.05, 0) is 28.9 Å². The first-order valence-electron chi connectivity index (χ1n) is 3.76. The quantitative estimate of drug-likeness (QED) is 0.503. The third kappa shape index (κ3) is 1.65. The van der Waals surface area contributed by atoms with Crippen molar-refractivity contribution < 1.29 is 9.66 Å². The van der Waals surface area contributed by atoms with Gasteiger partial charge in [0.2, 0.25) is 0 Å². The first-order valence-corrected chi connectivity index (χ1v) is 4.55. The van der Waals surface area contributed by atoms with Gasteiger partial charge in [0.1, 0.15) is 11.4 Å². The highest BCUT2D eigenvalue weighted by Crippen LogP contribution is 2.38. The lowest BCUT2D eigenvalue weighted by Gasteiger charge is -2.08. The number of hydrogen-bond acceptors (Lipinski definition) is 4. The maximum Gasteiger partial charge on any atom is 0.298 e. The largest absolute Gasteiger partial charge is 0.495 e. The Hall–Kier alpha value is -1.30. The second kappa shape index (κ2) is 3.83. The number of nitro benzene ring substituents is 1. The minimum atomic E-state index is -0.514. The Morgan fingerprint density at radius 3 is 2.64 bits per heavy atom. The van der Waals surface area contributed by atoms with Crippen LogP contribution in [-0.2, 0) is 0 Å². The van der Waals surface area contributed by atoms with Crippen LogP contribution in [0.5, 0.6) is 5.75 Å². The van der Waals surface area contributed by atoms with Crippen molar-refractivity contribution in [3.8, 4) is 5.75 Å². The molecule has 0 aliphatic heterocycles. The number of hydrogen-bond donors (Lipinski definition) is 1. The zero-order valence-electron chi connectivity index (χ0n) is 7.70. The molecule has 0 unspecified atom stereocenters. The minimum Gasteiger partial charge on any atom is -0.495 e. The van der Waals surface area contributed by atoms with Crippen LogP contribution in [0.15, 0.2) is 10.5 Å². The van der Waals surface area contributed by atoms with Crippen LogP contribution in [0.2, 0.25) is 0 Å². The fourth-order valence-corrected chi connectivity index (χ4v) is 1.97. The zero-order chi connectivity index (χ0) is 10.9. The van der Waals surface area contributed by atoms with E-state index in [0.29, 0.717) is 15.8 Å². The van der Waals surface area contributed by atoms with Gasteiger partial charge >= 0.3 is 0 Å². The second-order valence-electron chi connectivity index (χ2n) is 2.71. The zero-order valence-corrected chi connectivity index (χ0v) is 9.29. The monoisotopic (exact) mass is 260 g/mol. The molecule has 1 aromatic rings. The summed E-state index contributed by atoms with van der Waals surface area (Å²) in [4.78, 5) is 10.2. The molecule has 1 aromatic carbocycles. The van der Waals surface area contributed by atoms with Crippen molar-refractivity contribution >= 4 is 27.3 Å². The molecule has 14 heavy (non-hydrogen) atoms. The molecule has 0 amide bonds. The summed E-state index contributed by atoms with van der Waals surface area (Å²) in [7, 11) is 1.45. The lowest BCUT2D eigenvalue weighted by atomic mass is 10.1. The third-order valence-corrected chi connectivity index (χ3v) is 2.44. The van der Waals surface area contributed by atoms with E-state index in [1.807, 2.05) is 0 Å². The molecule has 0 atom stereocenters. The molecular weight excluding hydrogens is 252 g/mol. The molecule has 0 bridgehead atoms. The molecule has 0 spiro atoms. The molecule has 1 rings (SSSR count). The Morgan fingerprint density at radius 1 is 1.64 bits per heavy atom. The Balaban J connectivity index is 3.52. The number of methoxy groups -OCH3 is 1. The Labute approximate surface area is 89.1 Å². The lowest BCUT2D eigenvalue weighted by molar-refractivity contribution is -0.384. The SMILES string of the molecule is COc1c(Br)cc(N)c([N+](=O)[O-])c1C. The highest BCUT2D eigenvalue weighted by Gasteiger charge is 2.21. The Morgan fingerprint density at radius 2 is 2.21 bits per heavy atom. The summed E-state index contributed by atoms with van der Waals surface area (Å²) in [5, 5.41) is 10.7. The molecule has 0 heterocycles. The average Bonchev–Trinajstić information content (AvgIpc) is 2.02. The van der Waals surface area contributed by atoms with Crippen LogP contribution in [0.4, 0.5) is 11.4 Å². The van der Waals surface area contributed by atoms with Crippen molar-refractivity contribution in [1.82, 2.24) is 0 Å². The summed E-state index contributed by atoms with van der Waals surface area (Å²) < 4.78 is 5.63. The molecular formula is C8H9BrN2O3. The molecule has 0 aliphatic rings. The predicted molar refractivity (Wildman–Crippen MR) is 56.5 cm³/mol. The van der Waals surface area contributed by atoms with Gasteiger partial charge in [-0.3, -0.25) is 10.1 Å². The standard InChI is InChI=1S/C8H9BrN2O3/c1-4-7(11(12)13)6(10)3-5(9)8(4)14-2/h3H,10H2,1-2H3. The van der Waals surface area contributed by atoms with Gasteiger partial charge in [-0.15, -0.1) is 0 Å². The fourth-order valence-electron chi connectivity index (χ4n) is 1.27. The van der Waals surface area contributed by atoms with E-state index >= 15 is 0 Å². The first-order chi connectivity index (χ1) is 6.49. The lowest BCUT2D eigenvalue weighted by Crippen LogP contribution is -2.01. The molecule has 0 fully saturated rings. The summed E-state index contributed by atoms with van der Waals surface area (Å²) in [6.07, 6.45) is 0. The van der Waals surface area contributed by atoms with Crippen LogP contribution in [0.3, 0.4) is 0 Å². The number of ether oxygens (including phenoxy) is 1. The van der Waals surface area contributed by atoms with E-state index in [9.17, 15) is 10.1 Å². The molecule has 2 N–H and O–H groups in total.